The smallest absolute Gasteiger partial charge is 0.239 e. The van der Waals surface area contributed by atoms with Crippen molar-refractivity contribution in [3.05, 3.63) is 11.8 Å². The van der Waals surface area contributed by atoms with Gasteiger partial charge in [0.2, 0.25) is 5.95 Å². The van der Waals surface area contributed by atoms with Crippen LogP contribution in [0.2, 0.25) is 0 Å². The summed E-state index contributed by atoms with van der Waals surface area (Å²) in [7, 11) is -2.88. The monoisotopic (exact) mass is 257 g/mol. The Morgan fingerprint density at radius 2 is 2.06 bits per heavy atom. The van der Waals surface area contributed by atoms with Gasteiger partial charge in [-0.2, -0.15) is 4.98 Å². The average molecular weight is 257 g/mol. The van der Waals surface area contributed by atoms with Gasteiger partial charge in [-0.05, 0) is 6.92 Å². The molecule has 0 unspecified atom stereocenters. The molecule has 0 radical (unpaired) electrons. The fourth-order valence-corrected chi connectivity index (χ4v) is 2.95. The van der Waals surface area contributed by atoms with Gasteiger partial charge >= 0.3 is 0 Å². The maximum atomic E-state index is 11.3. The third-order valence-electron chi connectivity index (χ3n) is 2.72. The molecule has 94 valence electrons. The van der Waals surface area contributed by atoms with Crippen molar-refractivity contribution in [1.29, 1.82) is 0 Å². The van der Waals surface area contributed by atoms with E-state index in [0.29, 0.717) is 19.0 Å². The van der Waals surface area contributed by atoms with Crippen molar-refractivity contribution in [1.82, 2.24) is 9.97 Å². The Kier molecular flexibility index (Phi) is 3.16. The van der Waals surface area contributed by atoms with Gasteiger partial charge in [-0.25, -0.2) is 19.2 Å². The largest absolute Gasteiger partial charge is 0.354 e. The molecule has 2 rings (SSSR count). The van der Waals surface area contributed by atoms with Gasteiger partial charge in [-0.3, -0.25) is 5.43 Å². The van der Waals surface area contributed by atoms with Gasteiger partial charge in [0.25, 0.3) is 0 Å². The van der Waals surface area contributed by atoms with E-state index in [0.717, 1.165) is 11.4 Å². The SMILES string of the molecule is Cc1cnc(NN)nc1N1CCS(=O)(=O)CC1. The van der Waals surface area contributed by atoms with E-state index in [2.05, 4.69) is 15.4 Å². The highest BCUT2D eigenvalue weighted by Crippen LogP contribution is 2.19. The zero-order chi connectivity index (χ0) is 12.5. The number of nitrogen functional groups attached to an aromatic ring is 1. The van der Waals surface area contributed by atoms with Crippen molar-refractivity contribution in [2.75, 3.05) is 34.9 Å². The van der Waals surface area contributed by atoms with Crippen LogP contribution in [0.4, 0.5) is 11.8 Å². The molecule has 0 aromatic carbocycles. The molecular formula is C9H15N5O2S. The van der Waals surface area contributed by atoms with Crippen LogP contribution in [-0.4, -0.2) is 43.0 Å². The fraction of sp³-hybridized carbons (Fsp3) is 0.556. The van der Waals surface area contributed by atoms with E-state index in [4.69, 9.17) is 5.84 Å². The summed E-state index contributed by atoms with van der Waals surface area (Å²) in [6.07, 6.45) is 1.67. The number of sulfone groups is 1. The molecule has 0 aliphatic carbocycles. The molecule has 3 N–H and O–H groups in total. The Bertz CT molecular complexity index is 502. The van der Waals surface area contributed by atoms with E-state index in [1.165, 1.54) is 0 Å². The van der Waals surface area contributed by atoms with Crippen LogP contribution in [0.1, 0.15) is 5.56 Å². The summed E-state index contributed by atoms with van der Waals surface area (Å²) < 4.78 is 22.7. The highest BCUT2D eigenvalue weighted by molar-refractivity contribution is 7.91. The van der Waals surface area contributed by atoms with Crippen molar-refractivity contribution >= 4 is 21.6 Å². The molecule has 1 fully saturated rings. The highest BCUT2D eigenvalue weighted by Gasteiger charge is 2.23. The lowest BCUT2D eigenvalue weighted by Gasteiger charge is -2.28. The topological polar surface area (TPSA) is 101 Å². The lowest BCUT2D eigenvalue weighted by molar-refractivity contribution is 0.586. The van der Waals surface area contributed by atoms with E-state index in [1.54, 1.807) is 6.20 Å². The molecule has 0 spiro atoms. The Balaban J connectivity index is 2.23. The van der Waals surface area contributed by atoms with Crippen LogP contribution in [0.25, 0.3) is 0 Å². The number of aromatic nitrogens is 2. The Hall–Kier alpha value is -1.41. The van der Waals surface area contributed by atoms with Gasteiger partial charge in [0.15, 0.2) is 9.84 Å². The first kappa shape index (κ1) is 12.1. The normalized spacial score (nSPS) is 19.1. The lowest BCUT2D eigenvalue weighted by Crippen LogP contribution is -2.41. The van der Waals surface area contributed by atoms with Crippen LogP contribution in [-0.2, 0) is 9.84 Å². The first-order chi connectivity index (χ1) is 8.02. The minimum Gasteiger partial charge on any atom is -0.354 e. The van der Waals surface area contributed by atoms with Crippen molar-refractivity contribution in [3.63, 3.8) is 0 Å². The molecule has 1 aromatic heterocycles. The molecule has 0 amide bonds. The predicted octanol–water partition coefficient (Wildman–Crippen LogP) is -0.695. The third kappa shape index (κ3) is 2.64. The zero-order valence-electron chi connectivity index (χ0n) is 9.55. The number of nitrogens with two attached hydrogens (primary N) is 1. The number of hydrazine groups is 1. The molecule has 2 heterocycles. The second kappa shape index (κ2) is 4.46. The zero-order valence-corrected chi connectivity index (χ0v) is 10.4. The third-order valence-corrected chi connectivity index (χ3v) is 4.33. The number of hydrogen-bond acceptors (Lipinski definition) is 7. The van der Waals surface area contributed by atoms with Crippen molar-refractivity contribution < 1.29 is 8.42 Å². The summed E-state index contributed by atoms with van der Waals surface area (Å²) in [6.45, 7) is 2.81. The van der Waals surface area contributed by atoms with Gasteiger partial charge < -0.3 is 4.90 Å². The minimum absolute atomic E-state index is 0.168. The highest BCUT2D eigenvalue weighted by atomic mass is 32.2. The molecule has 0 saturated carbocycles. The molecule has 8 heteroatoms. The maximum absolute atomic E-state index is 11.3. The van der Waals surface area contributed by atoms with Crippen LogP contribution < -0.4 is 16.2 Å². The van der Waals surface area contributed by atoms with E-state index in [1.807, 2.05) is 11.8 Å². The summed E-state index contributed by atoms with van der Waals surface area (Å²) in [5.74, 6) is 6.66. The summed E-state index contributed by atoms with van der Waals surface area (Å²) in [6, 6.07) is 0. The van der Waals surface area contributed by atoms with Crippen LogP contribution in [0.3, 0.4) is 0 Å². The van der Waals surface area contributed by atoms with Gasteiger partial charge in [-0.15, -0.1) is 0 Å². The predicted molar refractivity (Wildman–Crippen MR) is 65.4 cm³/mol. The fourth-order valence-electron chi connectivity index (χ4n) is 1.75. The Morgan fingerprint density at radius 1 is 1.41 bits per heavy atom. The molecule has 1 aromatic rings. The van der Waals surface area contributed by atoms with Crippen LogP contribution >= 0.6 is 0 Å². The summed E-state index contributed by atoms with van der Waals surface area (Å²) in [5.41, 5.74) is 3.29. The van der Waals surface area contributed by atoms with Crippen LogP contribution in [0.5, 0.6) is 0 Å². The molecule has 17 heavy (non-hydrogen) atoms. The van der Waals surface area contributed by atoms with Gasteiger partial charge in [0, 0.05) is 24.8 Å². The summed E-state index contributed by atoms with van der Waals surface area (Å²) in [5, 5.41) is 0. The van der Waals surface area contributed by atoms with E-state index in [9.17, 15) is 8.42 Å². The first-order valence-electron chi connectivity index (χ1n) is 5.27. The molecule has 1 saturated heterocycles. The molecule has 1 aliphatic heterocycles. The number of anilines is 2. The number of aryl methyl sites for hydroxylation is 1. The Morgan fingerprint density at radius 3 is 2.65 bits per heavy atom. The van der Waals surface area contributed by atoms with Crippen molar-refractivity contribution in [3.8, 4) is 0 Å². The quantitative estimate of drug-likeness (QED) is 0.534. The molecule has 0 bridgehead atoms. The second-order valence-electron chi connectivity index (χ2n) is 3.98. The first-order valence-corrected chi connectivity index (χ1v) is 7.09. The standard InChI is InChI=1S/C9H15N5O2S/c1-7-6-11-9(13-10)12-8(7)14-2-4-17(15,16)5-3-14/h6H,2-5,10H2,1H3,(H,11,12,13). The number of rotatable bonds is 2. The van der Waals surface area contributed by atoms with Crippen LogP contribution in [0, 0.1) is 6.92 Å². The summed E-state index contributed by atoms with van der Waals surface area (Å²) in [4.78, 5) is 10.2. The molecule has 1 aliphatic rings. The molecule has 7 nitrogen and oxygen atoms in total. The average Bonchev–Trinajstić information content (AvgIpc) is 2.30. The van der Waals surface area contributed by atoms with Crippen molar-refractivity contribution in [2.45, 2.75) is 6.92 Å². The number of nitrogens with one attached hydrogen (secondary N) is 1. The number of hydrogen-bond donors (Lipinski definition) is 2. The molecule has 0 atom stereocenters. The van der Waals surface area contributed by atoms with Crippen molar-refractivity contribution in [2.24, 2.45) is 5.84 Å². The van der Waals surface area contributed by atoms with Gasteiger partial charge in [0.05, 0.1) is 11.5 Å². The maximum Gasteiger partial charge on any atom is 0.239 e. The van der Waals surface area contributed by atoms with E-state index in [-0.39, 0.29) is 11.5 Å². The van der Waals surface area contributed by atoms with E-state index < -0.39 is 9.84 Å². The van der Waals surface area contributed by atoms with Crippen LogP contribution in [0.15, 0.2) is 6.20 Å². The summed E-state index contributed by atoms with van der Waals surface area (Å²) >= 11 is 0. The van der Waals surface area contributed by atoms with E-state index >= 15 is 0 Å². The minimum atomic E-state index is -2.88. The molecular weight excluding hydrogens is 242 g/mol. The van der Waals surface area contributed by atoms with Gasteiger partial charge in [-0.1, -0.05) is 0 Å². The van der Waals surface area contributed by atoms with Gasteiger partial charge in [0.1, 0.15) is 5.82 Å². The lowest BCUT2D eigenvalue weighted by atomic mass is 10.3. The second-order valence-corrected chi connectivity index (χ2v) is 6.29. The Labute approximate surface area is 99.9 Å². The number of nitrogens with zero attached hydrogens (tertiary/aromatic N) is 3.